The molecule has 0 saturated carbocycles. The molecule has 0 N–H and O–H groups in total. The quantitative estimate of drug-likeness (QED) is 0.607. The fraction of sp³-hybridized carbons (Fsp3) is 0.235. The Morgan fingerprint density at radius 2 is 0.895 bits per heavy atom. The van der Waals surface area contributed by atoms with Crippen LogP contribution in [0.15, 0.2) is 33.2 Å². The molecule has 0 atom stereocenters. The summed E-state index contributed by atoms with van der Waals surface area (Å²) in [5, 5.41) is 0. The lowest BCUT2D eigenvalue weighted by Crippen LogP contribution is -1.98. The lowest BCUT2D eigenvalue weighted by molar-refractivity contribution is 1.22. The van der Waals surface area contributed by atoms with Gasteiger partial charge in [0.2, 0.25) is 0 Å². The minimum atomic E-state index is 1.12. The first-order valence-electron chi connectivity index (χ1n) is 6.19. The number of halogens is 2. The van der Waals surface area contributed by atoms with E-state index in [9.17, 15) is 0 Å². The van der Waals surface area contributed by atoms with Crippen LogP contribution in [0.4, 0.5) is 0 Å². The minimum Gasteiger partial charge on any atom is -0.0508 e. The second kappa shape index (κ2) is 5.80. The Morgan fingerprint density at radius 3 is 1.16 bits per heavy atom. The van der Waals surface area contributed by atoms with Gasteiger partial charge in [-0.1, -0.05) is 31.9 Å². The predicted molar refractivity (Wildman–Crippen MR) is 88.7 cm³/mol. The van der Waals surface area contributed by atoms with E-state index in [0.29, 0.717) is 0 Å². The molecule has 2 aromatic carbocycles. The van der Waals surface area contributed by atoms with E-state index in [0.717, 1.165) is 8.95 Å². The van der Waals surface area contributed by atoms with Gasteiger partial charge in [-0.15, -0.1) is 0 Å². The van der Waals surface area contributed by atoms with Crippen LogP contribution in [0.5, 0.6) is 0 Å². The third kappa shape index (κ3) is 3.29. The molecule has 2 heteroatoms. The highest BCUT2D eigenvalue weighted by atomic mass is 79.9. The number of rotatable bonds is 2. The van der Waals surface area contributed by atoms with E-state index < -0.39 is 0 Å². The second-order valence-electron chi connectivity index (χ2n) is 4.95. The molecule has 0 bridgehead atoms. The highest BCUT2D eigenvalue weighted by Gasteiger charge is 2.11. The fourth-order valence-corrected chi connectivity index (χ4v) is 3.71. The van der Waals surface area contributed by atoms with Gasteiger partial charge in [-0.3, -0.25) is 0 Å². The monoisotopic (exact) mass is 378 g/mol. The maximum Gasteiger partial charge on any atom is 0.0513 e. The Labute approximate surface area is 132 Å². The highest BCUT2D eigenvalue weighted by molar-refractivity contribution is 9.10. The van der Waals surface area contributed by atoms with Crippen molar-refractivity contribution in [2.24, 2.45) is 0 Å². The van der Waals surface area contributed by atoms with Crippen LogP contribution in [-0.2, 0) is 0 Å². The average molecular weight is 380 g/mol. The average Bonchev–Trinajstić information content (AvgIpc) is 2.25. The molecule has 0 fully saturated rings. The summed E-state index contributed by atoms with van der Waals surface area (Å²) in [5.74, 6) is 0. The summed E-state index contributed by atoms with van der Waals surface area (Å²) in [7, 11) is 0. The molecular weight excluding hydrogens is 364 g/mol. The molecule has 0 unspecified atom stereocenters. The van der Waals surface area contributed by atoms with Crippen molar-refractivity contribution in [1.82, 2.24) is 0 Å². The second-order valence-corrected chi connectivity index (χ2v) is 6.79. The van der Waals surface area contributed by atoms with Gasteiger partial charge in [-0.25, -0.2) is 0 Å². The molecule has 0 saturated heterocycles. The Morgan fingerprint density at radius 1 is 0.632 bits per heavy atom. The van der Waals surface area contributed by atoms with Crippen molar-refractivity contribution in [2.75, 3.05) is 0 Å². The van der Waals surface area contributed by atoms with Gasteiger partial charge in [0.1, 0.15) is 0 Å². The van der Waals surface area contributed by atoms with E-state index in [4.69, 9.17) is 0 Å². The minimum absolute atomic E-state index is 1.12. The Hall–Kier alpha value is -0.600. The van der Waals surface area contributed by atoms with Crippen LogP contribution in [0, 0.1) is 34.1 Å². The van der Waals surface area contributed by atoms with Gasteiger partial charge in [0.25, 0.3) is 0 Å². The molecule has 2 aromatic rings. The number of hydrogen-bond donors (Lipinski definition) is 0. The molecule has 0 aliphatic carbocycles. The van der Waals surface area contributed by atoms with Crippen LogP contribution in [-0.4, -0.2) is 0 Å². The molecule has 0 aliphatic heterocycles. The molecule has 0 amide bonds. The summed E-state index contributed by atoms with van der Waals surface area (Å²) < 4.78 is 2.24. The van der Waals surface area contributed by atoms with E-state index >= 15 is 0 Å². The van der Waals surface area contributed by atoms with Crippen molar-refractivity contribution in [3.8, 4) is 0 Å². The lowest BCUT2D eigenvalue weighted by atomic mass is 9.91. The van der Waals surface area contributed by atoms with Crippen LogP contribution in [0.25, 0.3) is 0 Å². The summed E-state index contributed by atoms with van der Waals surface area (Å²) >= 11 is 7.07. The van der Waals surface area contributed by atoms with E-state index in [1.165, 1.54) is 33.4 Å². The topological polar surface area (TPSA) is 0 Å². The molecule has 2 radical (unpaired) electrons. The highest BCUT2D eigenvalue weighted by Crippen LogP contribution is 2.28. The van der Waals surface area contributed by atoms with Crippen LogP contribution in [0.2, 0.25) is 0 Å². The van der Waals surface area contributed by atoms with Crippen LogP contribution in [0.1, 0.15) is 33.4 Å². The normalized spacial score (nSPS) is 10.8. The van der Waals surface area contributed by atoms with Crippen molar-refractivity contribution in [1.29, 1.82) is 0 Å². The van der Waals surface area contributed by atoms with Crippen LogP contribution < -0.4 is 0 Å². The van der Waals surface area contributed by atoms with Crippen molar-refractivity contribution in [2.45, 2.75) is 27.7 Å². The Kier molecular flexibility index (Phi) is 4.52. The smallest absolute Gasteiger partial charge is 0.0508 e. The summed E-state index contributed by atoms with van der Waals surface area (Å²) in [5.41, 5.74) is 7.36. The van der Waals surface area contributed by atoms with E-state index in [2.05, 4.69) is 90.2 Å². The molecule has 0 aromatic heterocycles. The van der Waals surface area contributed by atoms with Crippen molar-refractivity contribution >= 4 is 31.9 Å². The zero-order valence-electron chi connectivity index (χ0n) is 11.6. The molecule has 0 spiro atoms. The molecule has 0 heterocycles. The van der Waals surface area contributed by atoms with Gasteiger partial charge in [0.05, 0.1) is 6.42 Å². The van der Waals surface area contributed by atoms with Gasteiger partial charge >= 0.3 is 0 Å². The summed E-state index contributed by atoms with van der Waals surface area (Å²) in [6.07, 6.45) is 3.59. The van der Waals surface area contributed by atoms with E-state index in [1.54, 1.807) is 0 Å². The number of hydrogen-bond acceptors (Lipinski definition) is 0. The SMILES string of the molecule is Cc1cc(Br)cc(C)c1[C]c1c(C)cc(Br)cc1C. The Bertz CT molecular complexity index is 526. The zero-order chi connectivity index (χ0) is 14.2. The van der Waals surface area contributed by atoms with Crippen molar-refractivity contribution in [3.05, 3.63) is 73.0 Å². The molecule has 98 valence electrons. The lowest BCUT2D eigenvalue weighted by Gasteiger charge is -2.14. The number of benzene rings is 2. The molecule has 0 nitrogen and oxygen atoms in total. The van der Waals surface area contributed by atoms with Gasteiger partial charge < -0.3 is 0 Å². The zero-order valence-corrected chi connectivity index (χ0v) is 14.7. The molecular formula is C17H16Br2. The first-order valence-corrected chi connectivity index (χ1v) is 7.77. The third-order valence-corrected chi connectivity index (χ3v) is 4.16. The van der Waals surface area contributed by atoms with E-state index in [-0.39, 0.29) is 0 Å². The van der Waals surface area contributed by atoms with Crippen molar-refractivity contribution < 1.29 is 0 Å². The van der Waals surface area contributed by atoms with Crippen molar-refractivity contribution in [3.63, 3.8) is 0 Å². The molecule has 0 aliphatic rings. The van der Waals surface area contributed by atoms with Gasteiger partial charge in [-0.05, 0) is 85.3 Å². The van der Waals surface area contributed by atoms with Crippen LogP contribution in [0.3, 0.4) is 0 Å². The maximum absolute atomic E-state index is 3.59. The van der Waals surface area contributed by atoms with Gasteiger partial charge in [0.15, 0.2) is 0 Å². The summed E-state index contributed by atoms with van der Waals surface area (Å²) in [6, 6.07) is 8.55. The molecule has 19 heavy (non-hydrogen) atoms. The van der Waals surface area contributed by atoms with E-state index in [1.807, 2.05) is 0 Å². The standard InChI is InChI=1S/C17H16Br2/c1-10-5-14(18)6-11(2)16(10)9-17-12(3)7-15(19)8-13(17)4/h5-8H,1-4H3. The third-order valence-electron chi connectivity index (χ3n) is 3.24. The van der Waals surface area contributed by atoms with Gasteiger partial charge in [0, 0.05) is 8.95 Å². The predicted octanol–water partition coefficient (Wildman–Crippen LogP) is 5.92. The number of aryl methyl sites for hydroxylation is 4. The van der Waals surface area contributed by atoms with Crippen LogP contribution >= 0.6 is 31.9 Å². The van der Waals surface area contributed by atoms with Gasteiger partial charge in [-0.2, -0.15) is 0 Å². The first-order chi connectivity index (χ1) is 8.88. The summed E-state index contributed by atoms with van der Waals surface area (Å²) in [4.78, 5) is 0. The maximum atomic E-state index is 3.59. The summed E-state index contributed by atoms with van der Waals surface area (Å²) in [6.45, 7) is 8.51. The largest absolute Gasteiger partial charge is 0.0513 e. The Balaban J connectivity index is 2.48. The molecule has 2 rings (SSSR count). The first kappa shape index (κ1) is 14.8. The fourth-order valence-electron chi connectivity index (χ4n) is 2.34.